The second-order valence-corrected chi connectivity index (χ2v) is 6.26. The molecule has 0 aliphatic rings. The summed E-state index contributed by atoms with van der Waals surface area (Å²) in [7, 11) is 0. The van der Waals surface area contributed by atoms with E-state index in [-0.39, 0.29) is 13.2 Å². The van der Waals surface area contributed by atoms with Gasteiger partial charge < -0.3 is 25.8 Å². The lowest BCUT2D eigenvalue weighted by Crippen LogP contribution is -2.23. The Balaban J connectivity index is 1.47. The van der Waals surface area contributed by atoms with Gasteiger partial charge in [0.05, 0.1) is 18.9 Å². The van der Waals surface area contributed by atoms with E-state index < -0.39 is 6.10 Å². The van der Waals surface area contributed by atoms with E-state index in [1.165, 1.54) is 5.39 Å². The highest BCUT2D eigenvalue weighted by molar-refractivity contribution is 5.80. The molecule has 3 heterocycles. The van der Waals surface area contributed by atoms with Crippen LogP contribution in [-0.2, 0) is 6.54 Å². The van der Waals surface area contributed by atoms with Crippen molar-refractivity contribution in [2.45, 2.75) is 12.6 Å². The van der Waals surface area contributed by atoms with E-state index in [2.05, 4.69) is 48.8 Å². The molecule has 1 atom stereocenters. The van der Waals surface area contributed by atoms with Crippen molar-refractivity contribution in [3.05, 3.63) is 54.4 Å². The van der Waals surface area contributed by atoms with Crippen LogP contribution in [0.1, 0.15) is 5.56 Å². The minimum atomic E-state index is -0.835. The highest BCUT2D eigenvalue weighted by Crippen LogP contribution is 2.17. The van der Waals surface area contributed by atoms with E-state index >= 15 is 0 Å². The molecule has 27 heavy (non-hydrogen) atoms. The molecule has 0 aliphatic heterocycles. The summed E-state index contributed by atoms with van der Waals surface area (Å²) in [6, 6.07) is 11.9. The third-order valence-electron chi connectivity index (χ3n) is 4.23. The zero-order valence-corrected chi connectivity index (χ0v) is 14.6. The maximum absolute atomic E-state index is 9.43. The Morgan fingerprint density at radius 3 is 2.81 bits per heavy atom. The lowest BCUT2D eigenvalue weighted by atomic mass is 10.1. The fourth-order valence-electron chi connectivity index (χ4n) is 2.77. The van der Waals surface area contributed by atoms with Gasteiger partial charge in [-0.05, 0) is 35.2 Å². The first-order chi connectivity index (χ1) is 13.2. The lowest BCUT2D eigenvalue weighted by Gasteiger charge is -2.10. The van der Waals surface area contributed by atoms with Crippen LogP contribution in [0.5, 0.6) is 0 Å². The van der Waals surface area contributed by atoms with Gasteiger partial charge in [-0.2, -0.15) is 0 Å². The summed E-state index contributed by atoms with van der Waals surface area (Å²) < 4.78 is 0. The van der Waals surface area contributed by atoms with Crippen molar-refractivity contribution in [3.8, 4) is 0 Å². The van der Waals surface area contributed by atoms with Gasteiger partial charge in [-0.1, -0.05) is 12.1 Å². The number of pyridine rings is 1. The second-order valence-electron chi connectivity index (χ2n) is 6.26. The molecule has 0 amide bonds. The van der Waals surface area contributed by atoms with Crippen molar-refractivity contribution in [1.82, 2.24) is 19.9 Å². The average molecular weight is 364 g/mol. The molecule has 0 saturated heterocycles. The Hall–Kier alpha value is -3.23. The number of H-pyrrole nitrogens is 1. The number of hydrogen-bond acceptors (Lipinski definition) is 7. The number of hydrogen-bond donors (Lipinski definition) is 5. The van der Waals surface area contributed by atoms with Gasteiger partial charge in [0.25, 0.3) is 0 Å². The van der Waals surface area contributed by atoms with Crippen LogP contribution < -0.4 is 10.6 Å². The summed E-state index contributed by atoms with van der Waals surface area (Å²) >= 11 is 0. The highest BCUT2D eigenvalue weighted by atomic mass is 16.3. The van der Waals surface area contributed by atoms with Crippen LogP contribution in [-0.4, -0.2) is 49.4 Å². The maximum atomic E-state index is 9.43. The van der Waals surface area contributed by atoms with E-state index in [9.17, 15) is 5.11 Å². The van der Waals surface area contributed by atoms with Crippen molar-refractivity contribution in [2.75, 3.05) is 23.8 Å². The molecule has 0 radical (unpaired) electrons. The minimum Gasteiger partial charge on any atom is -0.394 e. The number of aliphatic hydroxyl groups excluding tert-OH is 2. The molecule has 0 saturated carbocycles. The number of aromatic amines is 1. The normalized spacial score (nSPS) is 12.4. The van der Waals surface area contributed by atoms with E-state index in [4.69, 9.17) is 5.11 Å². The molecule has 138 valence electrons. The molecule has 1 aromatic carbocycles. The molecule has 4 aromatic rings. The third kappa shape index (κ3) is 3.97. The highest BCUT2D eigenvalue weighted by Gasteiger charge is 2.06. The van der Waals surface area contributed by atoms with Crippen molar-refractivity contribution >= 4 is 33.7 Å². The Morgan fingerprint density at radius 1 is 1.04 bits per heavy atom. The quantitative estimate of drug-likeness (QED) is 0.340. The summed E-state index contributed by atoms with van der Waals surface area (Å²) in [5.41, 5.74) is 3.42. The largest absolute Gasteiger partial charge is 0.394 e. The predicted octanol–water partition coefficient (Wildman–Crippen LogP) is 1.88. The monoisotopic (exact) mass is 364 g/mol. The maximum Gasteiger partial charge on any atom is 0.182 e. The summed E-state index contributed by atoms with van der Waals surface area (Å²) in [4.78, 5) is 16.5. The number of anilines is 2. The summed E-state index contributed by atoms with van der Waals surface area (Å²) in [6.07, 6.45) is 2.77. The summed E-state index contributed by atoms with van der Waals surface area (Å²) in [5, 5.41) is 25.7. The van der Waals surface area contributed by atoms with Gasteiger partial charge in [-0.15, -0.1) is 0 Å². The SMILES string of the molecule is OCC(O)CNc1ccc2ncc(NCc3ccc4cc[nH]c4c3)nc2n1. The van der Waals surface area contributed by atoms with E-state index in [0.717, 1.165) is 11.1 Å². The molecule has 1 unspecified atom stereocenters. The summed E-state index contributed by atoms with van der Waals surface area (Å²) in [5.74, 6) is 1.20. The van der Waals surface area contributed by atoms with Crippen molar-refractivity contribution in [3.63, 3.8) is 0 Å². The molecule has 0 aliphatic carbocycles. The number of benzene rings is 1. The third-order valence-corrected chi connectivity index (χ3v) is 4.23. The molecule has 8 heteroatoms. The molecule has 5 N–H and O–H groups in total. The van der Waals surface area contributed by atoms with Crippen molar-refractivity contribution in [1.29, 1.82) is 0 Å². The van der Waals surface area contributed by atoms with E-state index in [0.29, 0.717) is 29.3 Å². The molecular formula is C19H20N6O2. The van der Waals surface area contributed by atoms with Crippen LogP contribution in [0.25, 0.3) is 22.1 Å². The summed E-state index contributed by atoms with van der Waals surface area (Å²) in [6.45, 7) is 0.528. The zero-order chi connectivity index (χ0) is 18.6. The number of nitrogens with one attached hydrogen (secondary N) is 3. The standard InChI is InChI=1S/C19H20N6O2/c26-11-14(27)9-23-17-4-3-15-19(24-17)25-18(10-21-15)22-8-12-1-2-13-5-6-20-16(13)7-12/h1-7,10,14,20,26-27H,8-9,11H2,(H2,22,23,24,25). The Morgan fingerprint density at radius 2 is 1.93 bits per heavy atom. The first-order valence-electron chi connectivity index (χ1n) is 8.68. The average Bonchev–Trinajstić information content (AvgIpc) is 3.18. The molecule has 0 fully saturated rings. The molecule has 0 spiro atoms. The van der Waals surface area contributed by atoms with Crippen LogP contribution in [0, 0.1) is 0 Å². The first kappa shape index (κ1) is 17.2. The van der Waals surface area contributed by atoms with Gasteiger partial charge in [0, 0.05) is 24.8 Å². The zero-order valence-electron chi connectivity index (χ0n) is 14.6. The van der Waals surface area contributed by atoms with E-state index in [1.807, 2.05) is 18.3 Å². The van der Waals surface area contributed by atoms with Gasteiger partial charge in [0.15, 0.2) is 5.65 Å². The first-order valence-corrected chi connectivity index (χ1v) is 8.68. The van der Waals surface area contributed by atoms with Gasteiger partial charge in [0.2, 0.25) is 0 Å². The number of aliphatic hydroxyl groups is 2. The second kappa shape index (κ2) is 7.56. The smallest absolute Gasteiger partial charge is 0.182 e. The number of rotatable bonds is 7. The fourth-order valence-corrected chi connectivity index (χ4v) is 2.77. The molecule has 4 rings (SSSR count). The van der Waals surface area contributed by atoms with Gasteiger partial charge in [0.1, 0.15) is 17.2 Å². The van der Waals surface area contributed by atoms with Crippen LogP contribution in [0.15, 0.2) is 48.8 Å². The van der Waals surface area contributed by atoms with Crippen LogP contribution in [0.2, 0.25) is 0 Å². The number of nitrogens with zero attached hydrogens (tertiary/aromatic N) is 3. The Bertz CT molecular complexity index is 1060. The Labute approximate surface area is 155 Å². The van der Waals surface area contributed by atoms with Gasteiger partial charge >= 0.3 is 0 Å². The van der Waals surface area contributed by atoms with Crippen molar-refractivity contribution < 1.29 is 10.2 Å². The predicted molar refractivity (Wildman–Crippen MR) is 105 cm³/mol. The number of aromatic nitrogens is 4. The topological polar surface area (TPSA) is 119 Å². The fraction of sp³-hybridized carbons (Fsp3) is 0.211. The van der Waals surface area contributed by atoms with Crippen LogP contribution in [0.3, 0.4) is 0 Å². The van der Waals surface area contributed by atoms with Gasteiger partial charge in [-0.3, -0.25) is 0 Å². The molecule has 8 nitrogen and oxygen atoms in total. The van der Waals surface area contributed by atoms with Crippen LogP contribution in [0.4, 0.5) is 11.6 Å². The number of fused-ring (bicyclic) bond motifs is 2. The Kier molecular flexibility index (Phi) is 4.82. The molecular weight excluding hydrogens is 344 g/mol. The van der Waals surface area contributed by atoms with Gasteiger partial charge in [-0.25, -0.2) is 15.0 Å². The molecule has 3 aromatic heterocycles. The molecule has 0 bridgehead atoms. The van der Waals surface area contributed by atoms with E-state index in [1.54, 1.807) is 12.3 Å². The lowest BCUT2D eigenvalue weighted by molar-refractivity contribution is 0.105. The van der Waals surface area contributed by atoms with Crippen molar-refractivity contribution in [2.24, 2.45) is 0 Å². The van der Waals surface area contributed by atoms with Crippen LogP contribution >= 0.6 is 0 Å². The minimum absolute atomic E-state index is 0.210.